The number of halogens is 1. The van der Waals surface area contributed by atoms with E-state index in [2.05, 4.69) is 5.32 Å². The second kappa shape index (κ2) is 7.09. The molecule has 1 aromatic rings. The van der Waals surface area contributed by atoms with Crippen molar-refractivity contribution < 1.29 is 19.0 Å². The van der Waals surface area contributed by atoms with E-state index in [-0.39, 0.29) is 24.2 Å². The van der Waals surface area contributed by atoms with Gasteiger partial charge in [0.1, 0.15) is 17.6 Å². The summed E-state index contributed by atoms with van der Waals surface area (Å²) in [4.78, 5) is 11.7. The van der Waals surface area contributed by atoms with Gasteiger partial charge in [-0.1, -0.05) is 20.3 Å². The van der Waals surface area contributed by atoms with Crippen molar-refractivity contribution in [2.24, 2.45) is 5.92 Å². The second-order valence-corrected chi connectivity index (χ2v) is 4.54. The topological polar surface area (TPSA) is 58.6 Å². The molecule has 1 rings (SSSR count). The van der Waals surface area contributed by atoms with Crippen LogP contribution < -0.4 is 5.32 Å². The molecule has 2 unspecified atom stereocenters. The molecular weight excluding hydrogens is 249 g/mol. The minimum Gasteiger partial charge on any atom is -0.508 e. The highest BCUT2D eigenvalue weighted by atomic mass is 19.1. The number of esters is 1. The highest BCUT2D eigenvalue weighted by molar-refractivity contribution is 5.76. The van der Waals surface area contributed by atoms with Gasteiger partial charge in [0.05, 0.1) is 7.11 Å². The Hall–Kier alpha value is -1.62. The first-order chi connectivity index (χ1) is 8.99. The number of nitrogens with one attached hydrogen (secondary N) is 1. The van der Waals surface area contributed by atoms with E-state index in [9.17, 15) is 14.3 Å². The molecule has 2 N–H and O–H groups in total. The zero-order chi connectivity index (χ0) is 14.4. The number of carbonyl (C=O) groups is 1. The molecule has 19 heavy (non-hydrogen) atoms. The van der Waals surface area contributed by atoms with Gasteiger partial charge in [-0.15, -0.1) is 0 Å². The number of phenols is 1. The Morgan fingerprint density at radius 1 is 1.53 bits per heavy atom. The lowest BCUT2D eigenvalue weighted by molar-refractivity contribution is -0.144. The van der Waals surface area contributed by atoms with Crippen LogP contribution in [0.3, 0.4) is 0 Å². The third-order valence-corrected chi connectivity index (χ3v) is 3.22. The summed E-state index contributed by atoms with van der Waals surface area (Å²) in [5, 5.41) is 12.6. The van der Waals surface area contributed by atoms with Crippen molar-refractivity contribution in [1.29, 1.82) is 0 Å². The van der Waals surface area contributed by atoms with E-state index in [0.717, 1.165) is 6.42 Å². The van der Waals surface area contributed by atoms with Crippen LogP contribution in [0.4, 0.5) is 4.39 Å². The summed E-state index contributed by atoms with van der Waals surface area (Å²) in [7, 11) is 1.33. The summed E-state index contributed by atoms with van der Waals surface area (Å²) in [6, 6.07) is 3.25. The molecule has 0 spiro atoms. The van der Waals surface area contributed by atoms with Crippen LogP contribution in [0.5, 0.6) is 5.75 Å². The van der Waals surface area contributed by atoms with Crippen LogP contribution >= 0.6 is 0 Å². The number of hydrogen-bond donors (Lipinski definition) is 2. The largest absolute Gasteiger partial charge is 0.508 e. The molecule has 0 aromatic heterocycles. The Kier molecular flexibility index (Phi) is 5.76. The Bertz CT molecular complexity index is 437. The van der Waals surface area contributed by atoms with E-state index < -0.39 is 11.9 Å². The molecular formula is C14H20FNO3. The van der Waals surface area contributed by atoms with E-state index in [0.29, 0.717) is 5.56 Å². The zero-order valence-corrected chi connectivity index (χ0v) is 11.4. The van der Waals surface area contributed by atoms with Crippen molar-refractivity contribution in [2.45, 2.75) is 32.9 Å². The number of phenolic OH excluding ortho intramolecular Hbond substituents is 1. The van der Waals surface area contributed by atoms with Crippen molar-refractivity contribution in [2.75, 3.05) is 7.11 Å². The molecule has 0 aliphatic carbocycles. The van der Waals surface area contributed by atoms with E-state index in [1.807, 2.05) is 13.8 Å². The minimum atomic E-state index is -0.474. The Balaban J connectivity index is 2.75. The van der Waals surface area contributed by atoms with Gasteiger partial charge in [-0.2, -0.15) is 0 Å². The molecule has 106 valence electrons. The summed E-state index contributed by atoms with van der Waals surface area (Å²) in [6.07, 6.45) is 0.807. The van der Waals surface area contributed by atoms with Gasteiger partial charge in [-0.05, 0) is 24.1 Å². The SMILES string of the molecule is CCC(C)C(NCc1cc(F)ccc1O)C(=O)OC. The normalized spacial score (nSPS) is 13.9. The number of aromatic hydroxyl groups is 1. The predicted octanol–water partition coefficient (Wildman–Crippen LogP) is 2.21. The first-order valence-corrected chi connectivity index (χ1v) is 6.28. The fourth-order valence-corrected chi connectivity index (χ4v) is 1.80. The molecule has 0 radical (unpaired) electrons. The van der Waals surface area contributed by atoms with Gasteiger partial charge in [-0.3, -0.25) is 10.1 Å². The van der Waals surface area contributed by atoms with Gasteiger partial charge in [0.15, 0.2) is 0 Å². The molecule has 5 heteroatoms. The number of hydrogen-bond acceptors (Lipinski definition) is 4. The molecule has 2 atom stereocenters. The van der Waals surface area contributed by atoms with Crippen LogP contribution in [-0.4, -0.2) is 24.2 Å². The number of benzene rings is 1. The third-order valence-electron chi connectivity index (χ3n) is 3.22. The Morgan fingerprint density at radius 2 is 2.21 bits per heavy atom. The third kappa shape index (κ3) is 4.21. The monoisotopic (exact) mass is 269 g/mol. The summed E-state index contributed by atoms with van der Waals surface area (Å²) < 4.78 is 17.8. The van der Waals surface area contributed by atoms with Crippen LogP contribution in [-0.2, 0) is 16.1 Å². The Labute approximate surface area is 112 Å². The van der Waals surface area contributed by atoms with Gasteiger partial charge >= 0.3 is 5.97 Å². The fourth-order valence-electron chi connectivity index (χ4n) is 1.80. The average molecular weight is 269 g/mol. The molecule has 0 saturated heterocycles. The summed E-state index contributed by atoms with van der Waals surface area (Å²) >= 11 is 0. The van der Waals surface area contributed by atoms with Crippen LogP contribution in [0.2, 0.25) is 0 Å². The second-order valence-electron chi connectivity index (χ2n) is 4.54. The van der Waals surface area contributed by atoms with Crippen molar-refractivity contribution in [1.82, 2.24) is 5.32 Å². The molecule has 0 amide bonds. The van der Waals surface area contributed by atoms with Crippen molar-refractivity contribution in [3.05, 3.63) is 29.6 Å². The van der Waals surface area contributed by atoms with E-state index in [1.54, 1.807) is 0 Å². The van der Waals surface area contributed by atoms with Crippen LogP contribution in [0.15, 0.2) is 18.2 Å². The lowest BCUT2D eigenvalue weighted by Crippen LogP contribution is -2.42. The van der Waals surface area contributed by atoms with Crippen molar-refractivity contribution in [3.8, 4) is 5.75 Å². The van der Waals surface area contributed by atoms with Crippen molar-refractivity contribution >= 4 is 5.97 Å². The lowest BCUT2D eigenvalue weighted by atomic mass is 9.99. The minimum absolute atomic E-state index is 0.00154. The molecule has 0 fully saturated rings. The maximum Gasteiger partial charge on any atom is 0.323 e. The number of carbonyl (C=O) groups excluding carboxylic acids is 1. The van der Waals surface area contributed by atoms with Gasteiger partial charge in [0.2, 0.25) is 0 Å². The summed E-state index contributed by atoms with van der Waals surface area (Å²) in [5.41, 5.74) is 0.414. The fraction of sp³-hybridized carbons (Fsp3) is 0.500. The molecule has 0 aliphatic rings. The number of ether oxygens (including phenoxy) is 1. The van der Waals surface area contributed by atoms with Gasteiger partial charge < -0.3 is 9.84 Å². The van der Waals surface area contributed by atoms with Crippen molar-refractivity contribution in [3.63, 3.8) is 0 Å². The Morgan fingerprint density at radius 3 is 2.79 bits per heavy atom. The van der Waals surface area contributed by atoms with E-state index in [1.165, 1.54) is 25.3 Å². The zero-order valence-electron chi connectivity index (χ0n) is 11.4. The van der Waals surface area contributed by atoms with E-state index in [4.69, 9.17) is 4.74 Å². The first-order valence-electron chi connectivity index (χ1n) is 6.28. The maximum absolute atomic E-state index is 13.1. The smallest absolute Gasteiger partial charge is 0.323 e. The molecule has 1 aromatic carbocycles. The molecule has 4 nitrogen and oxygen atoms in total. The first kappa shape index (κ1) is 15.4. The number of methoxy groups -OCH3 is 1. The highest BCUT2D eigenvalue weighted by Gasteiger charge is 2.24. The molecule has 0 saturated carbocycles. The van der Waals surface area contributed by atoms with Crippen LogP contribution in [0.25, 0.3) is 0 Å². The van der Waals surface area contributed by atoms with Gasteiger partial charge in [-0.25, -0.2) is 4.39 Å². The van der Waals surface area contributed by atoms with Gasteiger partial charge in [0, 0.05) is 12.1 Å². The van der Waals surface area contributed by atoms with Crippen LogP contribution in [0, 0.1) is 11.7 Å². The molecule has 0 aliphatic heterocycles. The highest BCUT2D eigenvalue weighted by Crippen LogP contribution is 2.18. The average Bonchev–Trinajstić information content (AvgIpc) is 2.41. The maximum atomic E-state index is 13.1. The summed E-state index contributed by atoms with van der Waals surface area (Å²) in [5.74, 6) is -0.692. The number of rotatable bonds is 6. The van der Waals surface area contributed by atoms with E-state index >= 15 is 0 Å². The molecule has 0 heterocycles. The lowest BCUT2D eigenvalue weighted by Gasteiger charge is -2.22. The molecule has 0 bridgehead atoms. The summed E-state index contributed by atoms with van der Waals surface area (Å²) in [6.45, 7) is 4.11. The quantitative estimate of drug-likeness (QED) is 0.777. The standard InChI is InChI=1S/C14H20FNO3/c1-4-9(2)13(14(18)19-3)16-8-10-7-11(15)5-6-12(10)17/h5-7,9,13,16-17H,4,8H2,1-3H3. The van der Waals surface area contributed by atoms with Crippen LogP contribution in [0.1, 0.15) is 25.8 Å². The predicted molar refractivity (Wildman–Crippen MR) is 70.2 cm³/mol. The van der Waals surface area contributed by atoms with Gasteiger partial charge in [0.25, 0.3) is 0 Å².